The maximum Gasteiger partial charge on any atom is 0.338 e. The molecule has 0 bridgehead atoms. The van der Waals surface area contributed by atoms with Crippen molar-refractivity contribution >= 4 is 34.2 Å². The van der Waals surface area contributed by atoms with Crippen LogP contribution in [0.15, 0.2) is 81.7 Å². The number of esters is 1. The van der Waals surface area contributed by atoms with Gasteiger partial charge in [-0.05, 0) is 48.4 Å². The third kappa shape index (κ3) is 4.34. The van der Waals surface area contributed by atoms with Gasteiger partial charge in [0, 0.05) is 11.6 Å². The van der Waals surface area contributed by atoms with Gasteiger partial charge >= 0.3 is 5.97 Å². The number of ether oxygens (including phenoxy) is 3. The lowest BCUT2D eigenvalue weighted by Gasteiger charge is -2.26. The Bertz CT molecular complexity index is 1730. The van der Waals surface area contributed by atoms with Gasteiger partial charge < -0.3 is 14.2 Å². The zero-order valence-corrected chi connectivity index (χ0v) is 21.8. The van der Waals surface area contributed by atoms with E-state index in [0.717, 1.165) is 16.3 Å². The highest BCUT2D eigenvalue weighted by molar-refractivity contribution is 7.07. The molecule has 0 spiro atoms. The van der Waals surface area contributed by atoms with Gasteiger partial charge in [-0.25, -0.2) is 9.79 Å². The van der Waals surface area contributed by atoms with Gasteiger partial charge in [0.2, 0.25) is 0 Å². The van der Waals surface area contributed by atoms with Crippen molar-refractivity contribution < 1.29 is 19.0 Å². The first-order chi connectivity index (χ1) is 18.0. The van der Waals surface area contributed by atoms with Gasteiger partial charge in [-0.15, -0.1) is 0 Å². The summed E-state index contributed by atoms with van der Waals surface area (Å²) in [5.41, 5.74) is 2.13. The Hall–Kier alpha value is -4.17. The van der Waals surface area contributed by atoms with E-state index in [0.29, 0.717) is 37.7 Å². The van der Waals surface area contributed by atoms with Crippen molar-refractivity contribution in [3.8, 4) is 11.5 Å². The molecule has 1 aliphatic heterocycles. The molecule has 0 N–H and O–H groups in total. The number of nitrogens with zero attached hydrogens (tertiary/aromatic N) is 2. The van der Waals surface area contributed by atoms with E-state index >= 15 is 0 Å². The molecule has 0 aliphatic carbocycles. The van der Waals surface area contributed by atoms with Crippen LogP contribution in [0.5, 0.6) is 11.5 Å². The molecule has 7 nitrogen and oxygen atoms in total. The zero-order valence-electron chi connectivity index (χ0n) is 21.0. The average Bonchev–Trinajstić information content (AvgIpc) is 3.21. The van der Waals surface area contributed by atoms with E-state index in [1.807, 2.05) is 54.6 Å². The molecule has 2 heterocycles. The maximum absolute atomic E-state index is 13.9. The van der Waals surface area contributed by atoms with Gasteiger partial charge in [0.15, 0.2) is 4.80 Å². The van der Waals surface area contributed by atoms with Crippen molar-refractivity contribution in [2.24, 2.45) is 4.99 Å². The summed E-state index contributed by atoms with van der Waals surface area (Å²) in [4.78, 5) is 32.3. The number of benzene rings is 3. The van der Waals surface area contributed by atoms with Gasteiger partial charge in [-0.3, -0.25) is 9.36 Å². The molecular weight excluding hydrogens is 488 g/mol. The molecule has 0 amide bonds. The van der Waals surface area contributed by atoms with Crippen molar-refractivity contribution in [2.75, 3.05) is 20.8 Å². The second-order valence-corrected chi connectivity index (χ2v) is 9.49. The lowest BCUT2D eigenvalue weighted by atomic mass is 9.95. The Kier molecular flexibility index (Phi) is 6.67. The molecule has 0 fully saturated rings. The first-order valence-corrected chi connectivity index (χ1v) is 12.7. The molecule has 0 saturated heterocycles. The van der Waals surface area contributed by atoms with E-state index in [9.17, 15) is 9.59 Å². The molecule has 0 unspecified atom stereocenters. The van der Waals surface area contributed by atoms with Crippen LogP contribution in [-0.4, -0.2) is 31.4 Å². The molecule has 0 radical (unpaired) electrons. The Balaban J connectivity index is 1.78. The lowest BCUT2D eigenvalue weighted by molar-refractivity contribution is -0.139. The third-order valence-corrected chi connectivity index (χ3v) is 7.35. The number of fused-ring (bicyclic) bond motifs is 2. The number of carbonyl (C=O) groups is 1. The molecular formula is C29H26N2O5S. The number of thiazole rings is 1. The van der Waals surface area contributed by atoms with Gasteiger partial charge in [-0.1, -0.05) is 53.8 Å². The first-order valence-electron chi connectivity index (χ1n) is 11.9. The number of rotatable bonds is 6. The van der Waals surface area contributed by atoms with E-state index in [2.05, 4.69) is 4.99 Å². The number of methoxy groups -OCH3 is 2. The van der Waals surface area contributed by atoms with Crippen LogP contribution >= 0.6 is 11.3 Å². The van der Waals surface area contributed by atoms with Crippen LogP contribution in [0, 0.1) is 0 Å². The summed E-state index contributed by atoms with van der Waals surface area (Å²) in [6.07, 6.45) is 1.89. The van der Waals surface area contributed by atoms with Crippen LogP contribution in [0.3, 0.4) is 0 Å². The second-order valence-electron chi connectivity index (χ2n) is 8.48. The van der Waals surface area contributed by atoms with Crippen LogP contribution in [0.2, 0.25) is 0 Å². The molecule has 8 heteroatoms. The van der Waals surface area contributed by atoms with Gasteiger partial charge in [0.05, 0.1) is 36.6 Å². The van der Waals surface area contributed by atoms with Crippen molar-refractivity contribution in [1.29, 1.82) is 0 Å². The number of hydrogen-bond acceptors (Lipinski definition) is 7. The molecule has 188 valence electrons. The highest BCUT2D eigenvalue weighted by Crippen LogP contribution is 2.37. The van der Waals surface area contributed by atoms with E-state index in [1.54, 1.807) is 44.8 Å². The molecule has 5 rings (SSSR count). The van der Waals surface area contributed by atoms with E-state index < -0.39 is 12.0 Å². The third-order valence-electron chi connectivity index (χ3n) is 6.36. The highest BCUT2D eigenvalue weighted by atomic mass is 32.1. The fourth-order valence-electron chi connectivity index (χ4n) is 4.65. The number of aromatic nitrogens is 1. The average molecular weight is 515 g/mol. The summed E-state index contributed by atoms with van der Waals surface area (Å²) in [6, 6.07) is 18.6. The standard InChI is InChI=1S/C29H26N2O5S/c1-5-36-28(33)25-17(2)30-29-31(26(25)22-14-13-20(34-3)16-23(22)35-4)27(32)24(37-29)15-19-11-8-10-18-9-6-7-12-21(18)19/h6-16,26H,5H2,1-4H3/b24-15-/t26-/m1/s1. The van der Waals surface area contributed by atoms with Gasteiger partial charge in [0.1, 0.15) is 17.5 Å². The molecule has 1 aliphatic rings. The summed E-state index contributed by atoms with van der Waals surface area (Å²) in [6.45, 7) is 3.71. The second kappa shape index (κ2) is 10.1. The van der Waals surface area contributed by atoms with Crippen LogP contribution < -0.4 is 24.4 Å². The summed E-state index contributed by atoms with van der Waals surface area (Å²) in [7, 11) is 3.11. The van der Waals surface area contributed by atoms with Crippen LogP contribution in [0.1, 0.15) is 31.0 Å². The summed E-state index contributed by atoms with van der Waals surface area (Å²) >= 11 is 1.29. The summed E-state index contributed by atoms with van der Waals surface area (Å²) in [5, 5.41) is 2.14. The molecule has 3 aromatic carbocycles. The van der Waals surface area contributed by atoms with Crippen LogP contribution in [0.4, 0.5) is 0 Å². The number of allylic oxidation sites excluding steroid dienone is 1. The minimum absolute atomic E-state index is 0.202. The van der Waals surface area contributed by atoms with E-state index in [4.69, 9.17) is 14.2 Å². The van der Waals surface area contributed by atoms with Gasteiger partial charge in [0.25, 0.3) is 5.56 Å². The number of carbonyl (C=O) groups excluding carboxylic acids is 1. The van der Waals surface area contributed by atoms with Crippen LogP contribution in [0.25, 0.3) is 16.8 Å². The fraction of sp³-hybridized carbons (Fsp3) is 0.207. The fourth-order valence-corrected chi connectivity index (χ4v) is 5.69. The SMILES string of the molecule is CCOC(=O)C1=C(C)N=c2s/c(=C\c3cccc4ccccc34)c(=O)n2[C@@H]1c1ccc(OC)cc1OC. The molecule has 1 atom stereocenters. The lowest BCUT2D eigenvalue weighted by Crippen LogP contribution is -2.40. The normalized spacial score (nSPS) is 15.4. The number of hydrogen-bond donors (Lipinski definition) is 0. The zero-order chi connectivity index (χ0) is 26.1. The first kappa shape index (κ1) is 24.5. The molecule has 1 aromatic heterocycles. The summed E-state index contributed by atoms with van der Waals surface area (Å²) < 4.78 is 18.5. The minimum atomic E-state index is -0.772. The topological polar surface area (TPSA) is 79.1 Å². The Morgan fingerprint density at radius 3 is 2.62 bits per heavy atom. The van der Waals surface area contributed by atoms with Crippen molar-refractivity contribution in [3.05, 3.63) is 103 Å². The molecule has 0 saturated carbocycles. The largest absolute Gasteiger partial charge is 0.497 e. The van der Waals surface area contributed by atoms with Gasteiger partial charge in [-0.2, -0.15) is 0 Å². The van der Waals surface area contributed by atoms with Crippen molar-refractivity contribution in [3.63, 3.8) is 0 Å². The monoisotopic (exact) mass is 514 g/mol. The highest BCUT2D eigenvalue weighted by Gasteiger charge is 2.35. The predicted octanol–water partition coefficient (Wildman–Crippen LogP) is 3.97. The van der Waals surface area contributed by atoms with E-state index in [-0.39, 0.29) is 12.2 Å². The predicted molar refractivity (Wildman–Crippen MR) is 144 cm³/mol. The Labute approximate surface area is 217 Å². The maximum atomic E-state index is 13.9. The molecule has 37 heavy (non-hydrogen) atoms. The quantitative estimate of drug-likeness (QED) is 0.364. The molecule has 4 aromatic rings. The Morgan fingerprint density at radius 1 is 1.08 bits per heavy atom. The Morgan fingerprint density at radius 2 is 1.86 bits per heavy atom. The van der Waals surface area contributed by atoms with Crippen molar-refractivity contribution in [1.82, 2.24) is 4.57 Å². The minimum Gasteiger partial charge on any atom is -0.497 e. The van der Waals surface area contributed by atoms with Crippen LogP contribution in [-0.2, 0) is 9.53 Å². The van der Waals surface area contributed by atoms with E-state index in [1.165, 1.54) is 11.3 Å². The smallest absolute Gasteiger partial charge is 0.338 e. The summed E-state index contributed by atoms with van der Waals surface area (Å²) in [5.74, 6) is 0.571. The van der Waals surface area contributed by atoms with Crippen molar-refractivity contribution in [2.45, 2.75) is 19.9 Å².